The van der Waals surface area contributed by atoms with Crippen LogP contribution in [0.15, 0.2) is 11.4 Å². The van der Waals surface area contributed by atoms with Gasteiger partial charge in [0.25, 0.3) is 0 Å². The molecule has 1 aliphatic rings. The van der Waals surface area contributed by atoms with Gasteiger partial charge < -0.3 is 15.7 Å². The second kappa shape index (κ2) is 5.71. The Labute approximate surface area is 104 Å². The number of amides is 2. The summed E-state index contributed by atoms with van der Waals surface area (Å²) in [6.45, 7) is 0.386. The third kappa shape index (κ3) is 4.10. The van der Waals surface area contributed by atoms with Gasteiger partial charge >= 0.3 is 6.03 Å². The van der Waals surface area contributed by atoms with Crippen LogP contribution in [0, 0.1) is 11.8 Å². The van der Waals surface area contributed by atoms with Gasteiger partial charge in [-0.25, -0.2) is 4.79 Å². The lowest BCUT2D eigenvalue weighted by molar-refractivity contribution is 0.240. The van der Waals surface area contributed by atoms with E-state index in [4.69, 9.17) is 5.11 Å². The molecule has 1 aliphatic carbocycles. The Morgan fingerprint density at radius 2 is 2.41 bits per heavy atom. The molecule has 0 aromatic carbocycles. The van der Waals surface area contributed by atoms with Gasteiger partial charge in [-0.1, -0.05) is 11.8 Å². The van der Waals surface area contributed by atoms with Crippen LogP contribution < -0.4 is 10.6 Å². The van der Waals surface area contributed by atoms with Crippen LogP contribution in [-0.4, -0.2) is 23.8 Å². The number of carbonyl (C=O) groups excluding carboxylic acids is 1. The zero-order valence-electron chi connectivity index (χ0n) is 9.32. The maximum Gasteiger partial charge on any atom is 0.315 e. The largest absolute Gasteiger partial charge is 0.384 e. The van der Waals surface area contributed by atoms with Crippen molar-refractivity contribution in [1.29, 1.82) is 0 Å². The first kappa shape index (κ1) is 12.0. The van der Waals surface area contributed by atoms with Crippen LogP contribution in [0.4, 0.5) is 4.79 Å². The molecule has 4 nitrogen and oxygen atoms in total. The fraction of sp³-hybridized carbons (Fsp3) is 0.417. The predicted molar refractivity (Wildman–Crippen MR) is 66.7 cm³/mol. The Morgan fingerprint density at radius 3 is 3.12 bits per heavy atom. The third-order valence-corrected chi connectivity index (χ3v) is 3.24. The highest BCUT2D eigenvalue weighted by Gasteiger charge is 2.22. The minimum Gasteiger partial charge on any atom is -0.384 e. The number of carbonyl (C=O) groups is 1. The maximum atomic E-state index is 11.4. The highest BCUT2D eigenvalue weighted by molar-refractivity contribution is 7.10. The van der Waals surface area contributed by atoms with E-state index in [0.29, 0.717) is 12.6 Å². The summed E-state index contributed by atoms with van der Waals surface area (Å²) in [7, 11) is 0. The highest BCUT2D eigenvalue weighted by Crippen LogP contribution is 2.18. The normalized spacial score (nSPS) is 13.7. The summed E-state index contributed by atoms with van der Waals surface area (Å²) in [6.07, 6.45) is 2.18. The third-order valence-electron chi connectivity index (χ3n) is 2.30. The van der Waals surface area contributed by atoms with Crippen molar-refractivity contribution in [3.05, 3.63) is 21.9 Å². The van der Waals surface area contributed by atoms with E-state index in [-0.39, 0.29) is 12.6 Å². The van der Waals surface area contributed by atoms with Crippen molar-refractivity contribution in [3.63, 3.8) is 0 Å². The van der Waals surface area contributed by atoms with Gasteiger partial charge in [-0.3, -0.25) is 0 Å². The van der Waals surface area contributed by atoms with Crippen LogP contribution in [0.1, 0.15) is 23.3 Å². The van der Waals surface area contributed by atoms with Crippen molar-refractivity contribution in [2.75, 3.05) is 6.61 Å². The van der Waals surface area contributed by atoms with Crippen molar-refractivity contribution in [1.82, 2.24) is 10.6 Å². The van der Waals surface area contributed by atoms with Crippen LogP contribution in [0.5, 0.6) is 0 Å². The number of thiophene rings is 1. The highest BCUT2D eigenvalue weighted by atomic mass is 32.1. The number of aliphatic hydroxyl groups excluding tert-OH is 1. The average Bonchev–Trinajstić information content (AvgIpc) is 3.01. The summed E-state index contributed by atoms with van der Waals surface area (Å²) >= 11 is 1.55. The van der Waals surface area contributed by atoms with E-state index >= 15 is 0 Å². The summed E-state index contributed by atoms with van der Waals surface area (Å²) in [4.78, 5) is 12.4. The fourth-order valence-corrected chi connectivity index (χ4v) is 2.07. The lowest BCUT2D eigenvalue weighted by atomic mass is 10.3. The molecule has 0 atom stereocenters. The zero-order valence-corrected chi connectivity index (χ0v) is 10.1. The molecule has 0 saturated heterocycles. The van der Waals surface area contributed by atoms with Crippen molar-refractivity contribution in [3.8, 4) is 11.8 Å². The first-order chi connectivity index (χ1) is 8.28. The zero-order chi connectivity index (χ0) is 12.1. The Balaban J connectivity index is 1.77. The average molecular weight is 250 g/mol. The Kier molecular flexibility index (Phi) is 4.02. The monoisotopic (exact) mass is 250 g/mol. The van der Waals surface area contributed by atoms with E-state index in [1.807, 2.05) is 11.4 Å². The van der Waals surface area contributed by atoms with Crippen molar-refractivity contribution in [2.24, 2.45) is 0 Å². The molecule has 1 heterocycles. The topological polar surface area (TPSA) is 61.4 Å². The van der Waals surface area contributed by atoms with Gasteiger partial charge in [0.05, 0.1) is 6.54 Å². The SMILES string of the molecule is O=C(NCc1cc(C#CCO)cs1)NC1CC1. The molecule has 3 N–H and O–H groups in total. The molecule has 0 bridgehead atoms. The van der Waals surface area contributed by atoms with Gasteiger partial charge in [-0.05, 0) is 18.9 Å². The van der Waals surface area contributed by atoms with Crippen molar-refractivity contribution < 1.29 is 9.90 Å². The van der Waals surface area contributed by atoms with E-state index in [9.17, 15) is 4.79 Å². The van der Waals surface area contributed by atoms with E-state index in [0.717, 1.165) is 23.3 Å². The van der Waals surface area contributed by atoms with Crippen LogP contribution in [0.2, 0.25) is 0 Å². The first-order valence-corrected chi connectivity index (χ1v) is 6.37. The first-order valence-electron chi connectivity index (χ1n) is 5.49. The molecule has 1 aromatic rings. The molecular formula is C12H14N2O2S. The number of hydrogen-bond acceptors (Lipinski definition) is 3. The van der Waals surface area contributed by atoms with Gasteiger partial charge in [0.15, 0.2) is 0 Å². The van der Waals surface area contributed by atoms with E-state index < -0.39 is 0 Å². The van der Waals surface area contributed by atoms with Gasteiger partial charge in [0.2, 0.25) is 0 Å². The summed E-state index contributed by atoms with van der Waals surface area (Å²) in [5, 5.41) is 16.1. The fourth-order valence-electron chi connectivity index (χ4n) is 1.31. The van der Waals surface area contributed by atoms with Gasteiger partial charge in [0.1, 0.15) is 6.61 Å². The molecule has 2 rings (SSSR count). The number of hydrogen-bond donors (Lipinski definition) is 3. The molecule has 17 heavy (non-hydrogen) atoms. The smallest absolute Gasteiger partial charge is 0.315 e. The Morgan fingerprint density at radius 1 is 1.59 bits per heavy atom. The summed E-state index contributed by atoms with van der Waals surface area (Å²) in [6, 6.07) is 2.19. The lowest BCUT2D eigenvalue weighted by Gasteiger charge is -2.04. The van der Waals surface area contributed by atoms with Gasteiger partial charge in [-0.2, -0.15) is 0 Å². The van der Waals surface area contributed by atoms with Crippen molar-refractivity contribution >= 4 is 17.4 Å². The molecule has 1 aromatic heterocycles. The van der Waals surface area contributed by atoms with Crippen LogP contribution in [-0.2, 0) is 6.54 Å². The van der Waals surface area contributed by atoms with E-state index in [1.165, 1.54) is 0 Å². The quantitative estimate of drug-likeness (QED) is 0.702. The Bertz CT molecular complexity index is 455. The Hall–Kier alpha value is -1.51. The number of urea groups is 1. The molecule has 0 radical (unpaired) electrons. The van der Waals surface area contributed by atoms with Crippen molar-refractivity contribution in [2.45, 2.75) is 25.4 Å². The number of aliphatic hydroxyl groups is 1. The van der Waals surface area contributed by atoms with Crippen LogP contribution in [0.25, 0.3) is 0 Å². The molecule has 5 heteroatoms. The van der Waals surface area contributed by atoms with Gasteiger partial charge in [0, 0.05) is 21.9 Å². The minimum absolute atomic E-state index is 0.108. The van der Waals surface area contributed by atoms with E-state index in [1.54, 1.807) is 11.3 Å². The predicted octanol–water partition coefficient (Wildman–Crippen LogP) is 1.05. The molecule has 1 saturated carbocycles. The second-order valence-electron chi connectivity index (χ2n) is 3.86. The number of rotatable bonds is 3. The molecule has 0 spiro atoms. The molecule has 90 valence electrons. The summed E-state index contributed by atoms with van der Waals surface area (Å²) < 4.78 is 0. The lowest BCUT2D eigenvalue weighted by Crippen LogP contribution is -2.36. The van der Waals surface area contributed by atoms with Crippen LogP contribution in [0.3, 0.4) is 0 Å². The molecule has 0 unspecified atom stereocenters. The van der Waals surface area contributed by atoms with E-state index in [2.05, 4.69) is 22.5 Å². The van der Waals surface area contributed by atoms with Gasteiger partial charge in [-0.15, -0.1) is 11.3 Å². The minimum atomic E-state index is -0.132. The molecule has 0 aliphatic heterocycles. The maximum absolute atomic E-state index is 11.4. The number of nitrogens with one attached hydrogen (secondary N) is 2. The molecular weight excluding hydrogens is 236 g/mol. The summed E-state index contributed by atoms with van der Waals surface area (Å²) in [5.74, 6) is 5.42. The standard InChI is InChI=1S/C12H14N2O2S/c15-5-1-2-9-6-11(17-8-9)7-13-12(16)14-10-3-4-10/h6,8,10,15H,3-5,7H2,(H2,13,14,16). The molecule has 2 amide bonds. The summed E-state index contributed by atoms with van der Waals surface area (Å²) in [5.41, 5.74) is 0.878. The molecule has 1 fully saturated rings. The second-order valence-corrected chi connectivity index (χ2v) is 4.86. The van der Waals surface area contributed by atoms with Crippen LogP contribution >= 0.6 is 11.3 Å².